The molecule has 0 bridgehead atoms. The number of non-ortho nitro benzene ring substituents is 1. The minimum atomic E-state index is -0.435. The van der Waals surface area contributed by atoms with Gasteiger partial charge in [0.1, 0.15) is 0 Å². The van der Waals surface area contributed by atoms with Crippen LogP contribution in [-0.2, 0) is 0 Å². The van der Waals surface area contributed by atoms with Gasteiger partial charge in [-0.15, -0.1) is 0 Å². The topological polar surface area (TPSA) is 68.9 Å². The SMILES string of the molecule is Cc1ccc2c(Cl)cc(-c3ccc([N+](=O)[O-])cc3)nc2n1. The average Bonchev–Trinajstić information content (AvgIpc) is 2.46. The van der Waals surface area contributed by atoms with E-state index < -0.39 is 4.92 Å². The predicted octanol–water partition coefficient (Wildman–Crippen LogP) is 4.17. The van der Waals surface area contributed by atoms with Crippen molar-refractivity contribution in [2.45, 2.75) is 6.92 Å². The van der Waals surface area contributed by atoms with E-state index in [1.807, 2.05) is 19.1 Å². The van der Waals surface area contributed by atoms with E-state index in [1.54, 1.807) is 18.2 Å². The molecule has 0 aliphatic carbocycles. The molecule has 0 amide bonds. The number of nitrogens with zero attached hydrogens (tertiary/aromatic N) is 3. The highest BCUT2D eigenvalue weighted by atomic mass is 35.5. The summed E-state index contributed by atoms with van der Waals surface area (Å²) in [6.45, 7) is 1.88. The van der Waals surface area contributed by atoms with Crippen LogP contribution in [0, 0.1) is 17.0 Å². The van der Waals surface area contributed by atoms with Crippen molar-refractivity contribution in [3.8, 4) is 11.3 Å². The first-order valence-electron chi connectivity index (χ1n) is 6.23. The number of rotatable bonds is 2. The van der Waals surface area contributed by atoms with E-state index in [4.69, 9.17) is 11.6 Å². The molecule has 0 saturated carbocycles. The molecule has 0 atom stereocenters. The molecule has 3 rings (SSSR count). The van der Waals surface area contributed by atoms with Crippen LogP contribution in [0.15, 0.2) is 42.5 Å². The monoisotopic (exact) mass is 299 g/mol. The first kappa shape index (κ1) is 13.5. The Hall–Kier alpha value is -2.53. The molecule has 6 heteroatoms. The van der Waals surface area contributed by atoms with Crippen LogP contribution in [0.3, 0.4) is 0 Å². The number of benzene rings is 1. The Labute approximate surface area is 125 Å². The third-order valence-electron chi connectivity index (χ3n) is 3.14. The fraction of sp³-hybridized carbons (Fsp3) is 0.0667. The van der Waals surface area contributed by atoms with Crippen LogP contribution >= 0.6 is 11.6 Å². The van der Waals surface area contributed by atoms with E-state index in [0.717, 1.165) is 16.6 Å². The van der Waals surface area contributed by atoms with Gasteiger partial charge < -0.3 is 0 Å². The smallest absolute Gasteiger partial charge is 0.258 e. The maximum absolute atomic E-state index is 10.7. The third kappa shape index (κ3) is 2.55. The molecular formula is C15H10ClN3O2. The minimum absolute atomic E-state index is 0.0413. The Kier molecular flexibility index (Phi) is 3.27. The van der Waals surface area contributed by atoms with Crippen molar-refractivity contribution in [3.05, 3.63) is 63.3 Å². The van der Waals surface area contributed by atoms with Crippen LogP contribution < -0.4 is 0 Å². The average molecular weight is 300 g/mol. The fourth-order valence-electron chi connectivity index (χ4n) is 2.06. The quantitative estimate of drug-likeness (QED) is 0.526. The highest BCUT2D eigenvalue weighted by Crippen LogP contribution is 2.28. The lowest BCUT2D eigenvalue weighted by Gasteiger charge is -2.05. The molecule has 21 heavy (non-hydrogen) atoms. The van der Waals surface area contributed by atoms with Crippen LogP contribution in [0.1, 0.15) is 5.69 Å². The second kappa shape index (κ2) is 5.10. The number of fused-ring (bicyclic) bond motifs is 1. The van der Waals surface area contributed by atoms with Gasteiger partial charge in [-0.1, -0.05) is 11.6 Å². The fourth-order valence-corrected chi connectivity index (χ4v) is 2.31. The molecule has 5 nitrogen and oxygen atoms in total. The number of nitro benzene ring substituents is 1. The predicted molar refractivity (Wildman–Crippen MR) is 81.4 cm³/mol. The molecule has 0 aliphatic rings. The number of nitro groups is 1. The molecule has 1 aromatic carbocycles. The van der Waals surface area contributed by atoms with Gasteiger partial charge in [-0.3, -0.25) is 10.1 Å². The molecule has 0 N–H and O–H groups in total. The Morgan fingerprint density at radius 2 is 1.81 bits per heavy atom. The molecule has 2 heterocycles. The van der Waals surface area contributed by atoms with E-state index in [-0.39, 0.29) is 5.69 Å². The van der Waals surface area contributed by atoms with Crippen molar-refractivity contribution < 1.29 is 4.92 Å². The lowest BCUT2D eigenvalue weighted by molar-refractivity contribution is -0.384. The van der Waals surface area contributed by atoms with Crippen LogP contribution in [0.2, 0.25) is 5.02 Å². The summed E-state index contributed by atoms with van der Waals surface area (Å²) in [5.41, 5.74) is 2.86. The van der Waals surface area contributed by atoms with Crippen molar-refractivity contribution in [2.75, 3.05) is 0 Å². The lowest BCUT2D eigenvalue weighted by atomic mass is 10.1. The number of hydrogen-bond donors (Lipinski definition) is 0. The second-order valence-corrected chi connectivity index (χ2v) is 5.02. The van der Waals surface area contributed by atoms with Crippen LogP contribution in [-0.4, -0.2) is 14.9 Å². The number of aryl methyl sites for hydroxylation is 1. The summed E-state index contributed by atoms with van der Waals surface area (Å²) in [6, 6.07) is 11.7. The molecule has 0 spiro atoms. The van der Waals surface area contributed by atoms with Gasteiger partial charge in [0.15, 0.2) is 5.65 Å². The molecule has 2 aromatic heterocycles. The van der Waals surface area contributed by atoms with E-state index in [0.29, 0.717) is 16.4 Å². The highest BCUT2D eigenvalue weighted by molar-refractivity contribution is 6.35. The summed E-state index contributed by atoms with van der Waals surface area (Å²) < 4.78 is 0. The first-order valence-corrected chi connectivity index (χ1v) is 6.61. The maximum Gasteiger partial charge on any atom is 0.269 e. The summed E-state index contributed by atoms with van der Waals surface area (Å²) in [5.74, 6) is 0. The van der Waals surface area contributed by atoms with Gasteiger partial charge in [0, 0.05) is 28.8 Å². The van der Waals surface area contributed by atoms with Gasteiger partial charge in [0.05, 0.1) is 15.6 Å². The zero-order valence-electron chi connectivity index (χ0n) is 11.1. The van der Waals surface area contributed by atoms with Crippen molar-refractivity contribution in [1.82, 2.24) is 9.97 Å². The minimum Gasteiger partial charge on any atom is -0.258 e. The second-order valence-electron chi connectivity index (χ2n) is 4.62. The number of hydrogen-bond acceptors (Lipinski definition) is 4. The molecule has 3 aromatic rings. The zero-order chi connectivity index (χ0) is 15.0. The first-order chi connectivity index (χ1) is 10.0. The number of aromatic nitrogens is 2. The Bertz CT molecular complexity index is 847. The Morgan fingerprint density at radius 1 is 1.10 bits per heavy atom. The lowest BCUT2D eigenvalue weighted by Crippen LogP contribution is -1.92. The van der Waals surface area contributed by atoms with Crippen molar-refractivity contribution in [2.24, 2.45) is 0 Å². The molecule has 0 radical (unpaired) electrons. The highest BCUT2D eigenvalue weighted by Gasteiger charge is 2.09. The van der Waals surface area contributed by atoms with E-state index in [9.17, 15) is 10.1 Å². The Morgan fingerprint density at radius 3 is 2.48 bits per heavy atom. The Balaban J connectivity index is 2.13. The van der Waals surface area contributed by atoms with Crippen LogP contribution in [0.25, 0.3) is 22.3 Å². The normalized spacial score (nSPS) is 10.8. The largest absolute Gasteiger partial charge is 0.269 e. The zero-order valence-corrected chi connectivity index (χ0v) is 11.8. The maximum atomic E-state index is 10.7. The molecule has 0 unspecified atom stereocenters. The molecule has 0 aliphatic heterocycles. The summed E-state index contributed by atoms with van der Waals surface area (Å²) >= 11 is 6.26. The van der Waals surface area contributed by atoms with Gasteiger partial charge in [-0.05, 0) is 37.3 Å². The van der Waals surface area contributed by atoms with Crippen molar-refractivity contribution in [3.63, 3.8) is 0 Å². The summed E-state index contributed by atoms with van der Waals surface area (Å²) in [6.07, 6.45) is 0. The molecule has 104 valence electrons. The van der Waals surface area contributed by atoms with E-state index >= 15 is 0 Å². The van der Waals surface area contributed by atoms with E-state index in [2.05, 4.69) is 9.97 Å². The summed E-state index contributed by atoms with van der Waals surface area (Å²) in [4.78, 5) is 19.1. The van der Waals surface area contributed by atoms with Gasteiger partial charge in [0.25, 0.3) is 5.69 Å². The third-order valence-corrected chi connectivity index (χ3v) is 3.45. The number of halogens is 1. The van der Waals surface area contributed by atoms with Gasteiger partial charge >= 0.3 is 0 Å². The number of pyridine rings is 2. The van der Waals surface area contributed by atoms with Crippen LogP contribution in [0.5, 0.6) is 0 Å². The van der Waals surface area contributed by atoms with Gasteiger partial charge in [-0.25, -0.2) is 9.97 Å². The van der Waals surface area contributed by atoms with Gasteiger partial charge in [0.2, 0.25) is 0 Å². The summed E-state index contributed by atoms with van der Waals surface area (Å²) in [5, 5.41) is 12.0. The van der Waals surface area contributed by atoms with Crippen molar-refractivity contribution in [1.29, 1.82) is 0 Å². The van der Waals surface area contributed by atoms with E-state index in [1.165, 1.54) is 12.1 Å². The molecule has 0 saturated heterocycles. The molecular weight excluding hydrogens is 290 g/mol. The standard InChI is InChI=1S/C15H10ClN3O2/c1-9-2-7-12-13(16)8-14(18-15(12)17-9)10-3-5-11(6-4-10)19(20)21/h2-8H,1H3. The summed E-state index contributed by atoms with van der Waals surface area (Å²) in [7, 11) is 0. The van der Waals surface area contributed by atoms with Gasteiger partial charge in [-0.2, -0.15) is 0 Å². The van der Waals surface area contributed by atoms with Crippen LogP contribution in [0.4, 0.5) is 5.69 Å². The molecule has 0 fully saturated rings. The van der Waals surface area contributed by atoms with Crippen molar-refractivity contribution >= 4 is 28.3 Å².